The number of hydrogen-bond acceptors (Lipinski definition) is 8. The lowest BCUT2D eigenvalue weighted by molar-refractivity contribution is 0.0700. The maximum absolute atomic E-state index is 13.1. The number of nitrogens with one attached hydrogen (secondary N) is 2. The molecule has 168 valence electrons. The molecule has 11 heteroatoms. The van der Waals surface area contributed by atoms with Crippen LogP contribution >= 0.6 is 11.3 Å². The molecular weight excluding hydrogens is 452 g/mol. The van der Waals surface area contributed by atoms with Crippen molar-refractivity contribution in [2.45, 2.75) is 36.3 Å². The first-order valence-corrected chi connectivity index (χ1v) is 12.1. The number of benzene rings is 2. The maximum atomic E-state index is 13.1. The second kappa shape index (κ2) is 8.49. The van der Waals surface area contributed by atoms with Crippen LogP contribution < -0.4 is 19.5 Å². The lowest BCUT2D eigenvalue weighted by Crippen LogP contribution is -2.41. The Hall–Kier alpha value is -3.02. The zero-order chi connectivity index (χ0) is 22.9. The molecule has 2 N–H and O–H groups in total. The number of anilines is 1. The van der Waals surface area contributed by atoms with Crippen LogP contribution in [0.4, 0.5) is 5.13 Å². The Kier molecular flexibility index (Phi) is 5.89. The molecule has 3 aromatic rings. The van der Waals surface area contributed by atoms with Crippen molar-refractivity contribution in [2.24, 2.45) is 0 Å². The predicted octanol–water partition coefficient (Wildman–Crippen LogP) is 3.38. The first kappa shape index (κ1) is 22.2. The van der Waals surface area contributed by atoms with Crippen molar-refractivity contribution in [2.75, 3.05) is 12.4 Å². The van der Waals surface area contributed by atoms with Crippen LogP contribution in [0.25, 0.3) is 0 Å². The molecule has 1 amide bonds. The summed E-state index contributed by atoms with van der Waals surface area (Å²) in [5, 5.41) is 10.3. The van der Waals surface area contributed by atoms with E-state index < -0.39 is 27.6 Å². The number of carbonyl (C=O) groups is 1. The number of methoxy groups -OCH3 is 1. The Balaban J connectivity index is 1.56. The molecule has 2 aromatic carbocycles. The normalized spacial score (nSPS) is 17.2. The van der Waals surface area contributed by atoms with E-state index in [1.54, 1.807) is 55.6 Å². The number of sulfonamides is 1. The molecule has 0 fully saturated rings. The minimum Gasteiger partial charge on any atom is -0.497 e. The van der Waals surface area contributed by atoms with Gasteiger partial charge in [0.25, 0.3) is 15.9 Å². The van der Waals surface area contributed by atoms with Crippen molar-refractivity contribution < 1.29 is 22.7 Å². The van der Waals surface area contributed by atoms with Gasteiger partial charge in [-0.1, -0.05) is 29.5 Å². The van der Waals surface area contributed by atoms with E-state index in [2.05, 4.69) is 20.2 Å². The zero-order valence-corrected chi connectivity index (χ0v) is 19.3. The first-order valence-electron chi connectivity index (χ1n) is 9.76. The molecule has 0 bridgehead atoms. The van der Waals surface area contributed by atoms with E-state index in [0.29, 0.717) is 29.0 Å². The number of amides is 1. The van der Waals surface area contributed by atoms with E-state index in [-0.39, 0.29) is 9.47 Å². The predicted molar refractivity (Wildman–Crippen MR) is 120 cm³/mol. The van der Waals surface area contributed by atoms with Gasteiger partial charge in [0.1, 0.15) is 17.1 Å². The fourth-order valence-corrected chi connectivity index (χ4v) is 5.56. The summed E-state index contributed by atoms with van der Waals surface area (Å²) >= 11 is 0.780. The average Bonchev–Trinajstić information content (AvgIpc) is 3.23. The summed E-state index contributed by atoms with van der Waals surface area (Å²) < 4.78 is 39.9. The van der Waals surface area contributed by atoms with Crippen LogP contribution in [0.5, 0.6) is 11.5 Å². The SMILES string of the molecule is COc1ccc2c(c1)C(NS(=O)(=O)c1nnc(NC(=O)c3ccccc3)s1)CC(C)(C)O2. The number of rotatable bonds is 6. The van der Waals surface area contributed by atoms with Gasteiger partial charge in [-0.3, -0.25) is 10.1 Å². The highest BCUT2D eigenvalue weighted by atomic mass is 32.2. The van der Waals surface area contributed by atoms with Gasteiger partial charge in [-0.15, -0.1) is 10.2 Å². The van der Waals surface area contributed by atoms with Gasteiger partial charge in [0, 0.05) is 17.5 Å². The van der Waals surface area contributed by atoms with E-state index in [0.717, 1.165) is 11.3 Å². The summed E-state index contributed by atoms with van der Waals surface area (Å²) in [6.07, 6.45) is 0.406. The Morgan fingerprint density at radius 1 is 1.19 bits per heavy atom. The quantitative estimate of drug-likeness (QED) is 0.526. The standard InChI is InChI=1S/C21H22N4O5S2/c1-21(2)12-16(15-11-14(29-3)9-10-17(15)30-21)25-32(27,28)20-24-23-19(31-20)22-18(26)13-7-5-4-6-8-13/h4-11,16,25H,12H2,1-3H3,(H,22,23,26). The second-order valence-corrected chi connectivity index (χ2v) is 10.7. The number of hydrogen-bond donors (Lipinski definition) is 2. The van der Waals surface area contributed by atoms with Gasteiger partial charge < -0.3 is 9.47 Å². The highest BCUT2D eigenvalue weighted by Gasteiger charge is 2.37. The third kappa shape index (κ3) is 4.74. The van der Waals surface area contributed by atoms with Gasteiger partial charge in [-0.2, -0.15) is 0 Å². The third-order valence-corrected chi connectivity index (χ3v) is 7.54. The summed E-state index contributed by atoms with van der Waals surface area (Å²) in [6, 6.07) is 13.3. The Morgan fingerprint density at radius 3 is 2.66 bits per heavy atom. The van der Waals surface area contributed by atoms with Crippen LogP contribution in [-0.4, -0.2) is 37.2 Å². The minimum absolute atomic E-state index is 0.0913. The molecule has 0 spiro atoms. The third-order valence-electron chi connectivity index (χ3n) is 4.86. The Bertz CT molecular complexity index is 1240. The van der Waals surface area contributed by atoms with Gasteiger partial charge in [0.2, 0.25) is 9.47 Å². The molecule has 0 aliphatic carbocycles. The van der Waals surface area contributed by atoms with E-state index in [9.17, 15) is 13.2 Å². The summed E-state index contributed by atoms with van der Waals surface area (Å²) in [5.41, 5.74) is 0.527. The highest BCUT2D eigenvalue weighted by molar-refractivity contribution is 7.91. The molecule has 1 aromatic heterocycles. The molecule has 0 saturated carbocycles. The smallest absolute Gasteiger partial charge is 0.270 e. The van der Waals surface area contributed by atoms with Crippen LogP contribution in [-0.2, 0) is 10.0 Å². The average molecular weight is 475 g/mol. The van der Waals surface area contributed by atoms with Crippen LogP contribution in [0.1, 0.15) is 42.2 Å². The lowest BCUT2D eigenvalue weighted by atomic mass is 9.90. The van der Waals surface area contributed by atoms with Crippen LogP contribution in [0.15, 0.2) is 52.9 Å². The van der Waals surface area contributed by atoms with Crippen molar-refractivity contribution in [1.29, 1.82) is 0 Å². The van der Waals surface area contributed by atoms with Gasteiger partial charge in [0.15, 0.2) is 0 Å². The fourth-order valence-electron chi connectivity index (χ4n) is 3.43. The number of aromatic nitrogens is 2. The van der Waals surface area contributed by atoms with E-state index in [1.165, 1.54) is 0 Å². The molecule has 1 unspecified atom stereocenters. The molecule has 1 aliphatic rings. The minimum atomic E-state index is -4.00. The van der Waals surface area contributed by atoms with Gasteiger partial charge in [0.05, 0.1) is 13.2 Å². The van der Waals surface area contributed by atoms with E-state index in [1.807, 2.05) is 13.8 Å². The highest BCUT2D eigenvalue weighted by Crippen LogP contribution is 2.41. The topological polar surface area (TPSA) is 120 Å². The number of fused-ring (bicyclic) bond motifs is 1. The van der Waals surface area contributed by atoms with E-state index in [4.69, 9.17) is 9.47 Å². The van der Waals surface area contributed by atoms with Crippen LogP contribution in [0.2, 0.25) is 0 Å². The monoisotopic (exact) mass is 474 g/mol. The Morgan fingerprint density at radius 2 is 1.94 bits per heavy atom. The maximum Gasteiger partial charge on any atom is 0.270 e. The molecule has 0 saturated heterocycles. The van der Waals surface area contributed by atoms with Crippen molar-refractivity contribution >= 4 is 32.4 Å². The summed E-state index contributed by atoms with van der Waals surface area (Å²) in [6.45, 7) is 3.78. The van der Waals surface area contributed by atoms with Crippen molar-refractivity contribution in [3.8, 4) is 11.5 Å². The molecule has 0 radical (unpaired) electrons. The summed E-state index contributed by atoms with van der Waals surface area (Å²) in [5.74, 6) is 0.784. The largest absolute Gasteiger partial charge is 0.497 e. The Labute approximate surface area is 189 Å². The number of nitrogens with zero attached hydrogens (tertiary/aromatic N) is 2. The fraction of sp³-hybridized carbons (Fsp3) is 0.286. The molecule has 1 atom stereocenters. The second-order valence-electron chi connectivity index (χ2n) is 7.84. The van der Waals surface area contributed by atoms with Gasteiger partial charge in [-0.05, 0) is 44.2 Å². The van der Waals surface area contributed by atoms with Gasteiger partial charge in [-0.25, -0.2) is 13.1 Å². The molecular formula is C21H22N4O5S2. The zero-order valence-electron chi connectivity index (χ0n) is 17.7. The number of carbonyl (C=O) groups excluding carboxylic acids is 1. The summed E-state index contributed by atoms with van der Waals surface area (Å²) in [7, 11) is -2.46. The molecule has 4 rings (SSSR count). The molecule has 2 heterocycles. The van der Waals surface area contributed by atoms with Crippen molar-refractivity contribution in [3.63, 3.8) is 0 Å². The summed E-state index contributed by atoms with van der Waals surface area (Å²) in [4.78, 5) is 12.3. The van der Waals surface area contributed by atoms with Crippen LogP contribution in [0, 0.1) is 0 Å². The lowest BCUT2D eigenvalue weighted by Gasteiger charge is -2.37. The van der Waals surface area contributed by atoms with Crippen LogP contribution in [0.3, 0.4) is 0 Å². The van der Waals surface area contributed by atoms with E-state index >= 15 is 0 Å². The van der Waals surface area contributed by atoms with Crippen molar-refractivity contribution in [3.05, 3.63) is 59.7 Å². The molecule has 9 nitrogen and oxygen atoms in total. The van der Waals surface area contributed by atoms with Crippen molar-refractivity contribution in [1.82, 2.24) is 14.9 Å². The van der Waals surface area contributed by atoms with Gasteiger partial charge >= 0.3 is 0 Å². The molecule has 32 heavy (non-hydrogen) atoms. The molecule has 1 aliphatic heterocycles. The number of ether oxygens (including phenoxy) is 2. The first-order chi connectivity index (χ1) is 15.2.